The first kappa shape index (κ1) is 23.1. The van der Waals surface area contributed by atoms with Gasteiger partial charge in [0.15, 0.2) is 6.61 Å². The second-order valence-electron chi connectivity index (χ2n) is 6.96. The van der Waals surface area contributed by atoms with Crippen molar-refractivity contribution in [3.8, 4) is 5.75 Å². The smallest absolute Gasteiger partial charge is 0.338 e. The van der Waals surface area contributed by atoms with E-state index in [0.717, 1.165) is 19.3 Å². The van der Waals surface area contributed by atoms with Crippen LogP contribution in [0.5, 0.6) is 5.75 Å². The zero-order valence-corrected chi connectivity index (χ0v) is 18.5. The molecule has 1 fully saturated rings. The minimum absolute atomic E-state index is 0.0589. The lowest BCUT2D eigenvalue weighted by Crippen LogP contribution is -2.35. The quantitative estimate of drug-likeness (QED) is 0.628. The number of esters is 1. The van der Waals surface area contributed by atoms with Gasteiger partial charge in [0.25, 0.3) is 5.91 Å². The number of hydrogen-bond acceptors (Lipinski definition) is 6. The largest absolute Gasteiger partial charge is 0.495 e. The Bertz CT molecular complexity index is 1050. The van der Waals surface area contributed by atoms with Crippen LogP contribution in [-0.4, -0.2) is 51.4 Å². The van der Waals surface area contributed by atoms with Gasteiger partial charge in [0.2, 0.25) is 10.0 Å². The van der Waals surface area contributed by atoms with Crippen LogP contribution >= 0.6 is 11.6 Å². The van der Waals surface area contributed by atoms with Crippen molar-refractivity contribution in [1.29, 1.82) is 0 Å². The molecule has 3 rings (SSSR count). The lowest BCUT2D eigenvalue weighted by molar-refractivity contribution is -0.119. The number of amides is 1. The van der Waals surface area contributed by atoms with Crippen LogP contribution in [0.2, 0.25) is 5.02 Å². The van der Waals surface area contributed by atoms with E-state index in [2.05, 4.69) is 5.32 Å². The van der Waals surface area contributed by atoms with Crippen molar-refractivity contribution >= 4 is 39.2 Å². The summed E-state index contributed by atoms with van der Waals surface area (Å²) in [5.74, 6) is -1.02. The Morgan fingerprint density at radius 3 is 2.39 bits per heavy atom. The molecular formula is C21H23ClN2O6S. The van der Waals surface area contributed by atoms with E-state index in [1.165, 1.54) is 53.9 Å². The predicted octanol–water partition coefficient (Wildman–Crippen LogP) is 3.32. The summed E-state index contributed by atoms with van der Waals surface area (Å²) in [6, 6.07) is 10.3. The first-order valence-corrected chi connectivity index (χ1v) is 11.5. The number of methoxy groups -OCH3 is 1. The molecule has 1 heterocycles. The highest BCUT2D eigenvalue weighted by Crippen LogP contribution is 2.30. The van der Waals surface area contributed by atoms with Crippen molar-refractivity contribution in [3.05, 3.63) is 53.1 Å². The Morgan fingerprint density at radius 2 is 1.74 bits per heavy atom. The summed E-state index contributed by atoms with van der Waals surface area (Å²) in [5, 5.41) is 3.02. The summed E-state index contributed by atoms with van der Waals surface area (Å²) in [7, 11) is -2.27. The van der Waals surface area contributed by atoms with E-state index in [1.54, 1.807) is 0 Å². The SMILES string of the molecule is COc1ccc(S(=O)(=O)N2CCCCC2)cc1NC(=O)COC(=O)c1ccc(Cl)cc1. The van der Waals surface area contributed by atoms with E-state index in [1.807, 2.05) is 0 Å². The molecule has 10 heteroatoms. The fraction of sp³-hybridized carbons (Fsp3) is 0.333. The van der Waals surface area contributed by atoms with E-state index >= 15 is 0 Å². The molecule has 1 aliphatic heterocycles. The molecule has 0 bridgehead atoms. The minimum Gasteiger partial charge on any atom is -0.495 e. The van der Waals surface area contributed by atoms with E-state index in [4.69, 9.17) is 21.1 Å². The average Bonchev–Trinajstić information content (AvgIpc) is 2.78. The van der Waals surface area contributed by atoms with Crippen LogP contribution in [0.1, 0.15) is 29.6 Å². The summed E-state index contributed by atoms with van der Waals surface area (Å²) in [4.78, 5) is 24.4. The maximum Gasteiger partial charge on any atom is 0.338 e. The van der Waals surface area contributed by atoms with Gasteiger partial charge in [-0.1, -0.05) is 18.0 Å². The molecule has 166 valence electrons. The van der Waals surface area contributed by atoms with Gasteiger partial charge < -0.3 is 14.8 Å². The van der Waals surface area contributed by atoms with Crippen molar-refractivity contribution in [3.63, 3.8) is 0 Å². The second kappa shape index (κ2) is 10.1. The topological polar surface area (TPSA) is 102 Å². The summed E-state index contributed by atoms with van der Waals surface area (Å²) in [6.45, 7) is 0.390. The van der Waals surface area contributed by atoms with Crippen LogP contribution < -0.4 is 10.1 Å². The van der Waals surface area contributed by atoms with Gasteiger partial charge in [-0.25, -0.2) is 13.2 Å². The fourth-order valence-corrected chi connectivity index (χ4v) is 4.86. The van der Waals surface area contributed by atoms with Crippen molar-refractivity contribution in [2.24, 2.45) is 0 Å². The number of carbonyl (C=O) groups excluding carboxylic acids is 2. The lowest BCUT2D eigenvalue weighted by atomic mass is 10.2. The third-order valence-corrected chi connectivity index (χ3v) is 6.96. The molecule has 0 spiro atoms. The number of nitrogens with one attached hydrogen (secondary N) is 1. The molecule has 0 aliphatic carbocycles. The van der Waals surface area contributed by atoms with Crippen LogP contribution in [0.15, 0.2) is 47.4 Å². The fourth-order valence-electron chi connectivity index (χ4n) is 3.19. The van der Waals surface area contributed by atoms with Gasteiger partial charge in [-0.3, -0.25) is 4.79 Å². The first-order valence-electron chi connectivity index (χ1n) is 9.72. The number of piperidine rings is 1. The van der Waals surface area contributed by atoms with Crippen LogP contribution in [0.3, 0.4) is 0 Å². The van der Waals surface area contributed by atoms with Gasteiger partial charge in [0.1, 0.15) is 5.75 Å². The summed E-state index contributed by atoms with van der Waals surface area (Å²) >= 11 is 5.78. The molecular weight excluding hydrogens is 444 g/mol. The highest BCUT2D eigenvalue weighted by Gasteiger charge is 2.27. The molecule has 1 aliphatic rings. The maximum atomic E-state index is 12.9. The number of benzene rings is 2. The third kappa shape index (κ3) is 5.75. The maximum absolute atomic E-state index is 12.9. The molecule has 0 saturated carbocycles. The molecule has 1 N–H and O–H groups in total. The molecule has 0 atom stereocenters. The second-order valence-corrected chi connectivity index (χ2v) is 9.33. The van der Waals surface area contributed by atoms with Crippen molar-refractivity contribution in [2.75, 3.05) is 32.1 Å². The molecule has 2 aromatic rings. The van der Waals surface area contributed by atoms with E-state index in [0.29, 0.717) is 18.1 Å². The predicted molar refractivity (Wildman–Crippen MR) is 116 cm³/mol. The molecule has 1 amide bonds. The molecule has 1 saturated heterocycles. The lowest BCUT2D eigenvalue weighted by Gasteiger charge is -2.26. The molecule has 0 unspecified atom stereocenters. The van der Waals surface area contributed by atoms with Gasteiger partial charge in [-0.2, -0.15) is 4.31 Å². The Kier molecular flexibility index (Phi) is 7.53. The minimum atomic E-state index is -3.68. The number of halogens is 1. The number of nitrogens with zero attached hydrogens (tertiary/aromatic N) is 1. The number of hydrogen-bond donors (Lipinski definition) is 1. The normalized spacial score (nSPS) is 14.6. The number of carbonyl (C=O) groups is 2. The molecule has 8 nitrogen and oxygen atoms in total. The van der Waals surface area contributed by atoms with Gasteiger partial charge in [-0.15, -0.1) is 0 Å². The Hall–Kier alpha value is -2.62. The molecule has 31 heavy (non-hydrogen) atoms. The van der Waals surface area contributed by atoms with Gasteiger partial charge in [-0.05, 0) is 55.3 Å². The molecule has 0 aromatic heterocycles. The monoisotopic (exact) mass is 466 g/mol. The van der Waals surface area contributed by atoms with Gasteiger partial charge in [0.05, 0.1) is 23.3 Å². The third-order valence-electron chi connectivity index (χ3n) is 4.81. The van der Waals surface area contributed by atoms with E-state index in [-0.39, 0.29) is 21.9 Å². The number of rotatable bonds is 7. The Labute approximate surface area is 186 Å². The average molecular weight is 467 g/mol. The van der Waals surface area contributed by atoms with Crippen molar-refractivity contribution < 1.29 is 27.5 Å². The van der Waals surface area contributed by atoms with Crippen LogP contribution in [0.4, 0.5) is 5.69 Å². The van der Waals surface area contributed by atoms with E-state index in [9.17, 15) is 18.0 Å². The molecule has 0 radical (unpaired) electrons. The van der Waals surface area contributed by atoms with Crippen molar-refractivity contribution in [1.82, 2.24) is 4.31 Å². The number of ether oxygens (including phenoxy) is 2. The highest BCUT2D eigenvalue weighted by molar-refractivity contribution is 7.89. The van der Waals surface area contributed by atoms with Gasteiger partial charge in [0, 0.05) is 18.1 Å². The van der Waals surface area contributed by atoms with Crippen molar-refractivity contribution in [2.45, 2.75) is 24.2 Å². The Balaban J connectivity index is 1.69. The summed E-state index contributed by atoms with van der Waals surface area (Å²) < 4.78 is 37.5. The number of sulfonamides is 1. The van der Waals surface area contributed by atoms with Crippen LogP contribution in [0, 0.1) is 0 Å². The first-order chi connectivity index (χ1) is 14.8. The zero-order valence-electron chi connectivity index (χ0n) is 17.0. The Morgan fingerprint density at radius 1 is 1.06 bits per heavy atom. The standard InChI is InChI=1S/C21H23ClN2O6S/c1-29-19-10-9-17(31(27,28)24-11-3-2-4-12-24)13-18(19)23-20(25)14-30-21(26)15-5-7-16(22)8-6-15/h5-10,13H,2-4,11-12,14H2,1H3,(H,23,25). The zero-order chi connectivity index (χ0) is 22.4. The van der Waals surface area contributed by atoms with Gasteiger partial charge >= 0.3 is 5.97 Å². The van der Waals surface area contributed by atoms with Crippen LogP contribution in [0.25, 0.3) is 0 Å². The summed E-state index contributed by atoms with van der Waals surface area (Å²) in [6.07, 6.45) is 2.64. The number of anilines is 1. The van der Waals surface area contributed by atoms with Crippen LogP contribution in [-0.2, 0) is 19.6 Å². The molecule has 2 aromatic carbocycles. The van der Waals surface area contributed by atoms with E-state index < -0.39 is 28.5 Å². The summed E-state index contributed by atoms with van der Waals surface area (Å²) in [5.41, 5.74) is 0.428. The highest BCUT2D eigenvalue weighted by atomic mass is 35.5.